The smallest absolute Gasteiger partial charge is 0.263 e. The lowest BCUT2D eigenvalue weighted by atomic mass is 10.2. The highest BCUT2D eigenvalue weighted by Crippen LogP contribution is 2.18. The largest absolute Gasteiger partial charge is 0.320 e. The van der Waals surface area contributed by atoms with Crippen molar-refractivity contribution in [2.75, 3.05) is 11.3 Å². The van der Waals surface area contributed by atoms with E-state index in [4.69, 9.17) is 5.73 Å². The Bertz CT molecular complexity index is 796. The van der Waals surface area contributed by atoms with Crippen LogP contribution in [0.25, 0.3) is 0 Å². The van der Waals surface area contributed by atoms with Crippen molar-refractivity contribution >= 4 is 15.7 Å². The zero-order chi connectivity index (χ0) is 15.3. The van der Waals surface area contributed by atoms with Gasteiger partial charge in [-0.1, -0.05) is 11.8 Å². The molecule has 1 heterocycles. The number of anilines is 1. The Hall–Kier alpha value is -2.43. The van der Waals surface area contributed by atoms with Crippen molar-refractivity contribution < 1.29 is 12.8 Å². The molecule has 0 atom stereocenters. The summed E-state index contributed by atoms with van der Waals surface area (Å²) in [6.45, 7) is 0.0884. The van der Waals surface area contributed by atoms with Crippen LogP contribution >= 0.6 is 0 Å². The number of nitrogens with one attached hydrogen (secondary N) is 1. The maximum Gasteiger partial charge on any atom is 0.263 e. The van der Waals surface area contributed by atoms with Gasteiger partial charge in [-0.25, -0.2) is 12.8 Å². The van der Waals surface area contributed by atoms with Gasteiger partial charge in [0.25, 0.3) is 10.0 Å². The summed E-state index contributed by atoms with van der Waals surface area (Å²) < 4.78 is 40.1. The van der Waals surface area contributed by atoms with Crippen molar-refractivity contribution in [3.63, 3.8) is 0 Å². The van der Waals surface area contributed by atoms with Gasteiger partial charge in [0.2, 0.25) is 0 Å². The highest BCUT2D eigenvalue weighted by molar-refractivity contribution is 7.92. The molecule has 0 spiro atoms. The van der Waals surface area contributed by atoms with Gasteiger partial charge >= 0.3 is 0 Å². The Morgan fingerprint density at radius 2 is 2.14 bits per heavy atom. The number of hydrogen-bond acceptors (Lipinski definition) is 4. The molecule has 0 unspecified atom stereocenters. The average molecular weight is 305 g/mol. The van der Waals surface area contributed by atoms with Gasteiger partial charge in [-0.3, -0.25) is 9.71 Å². The molecule has 1 aromatic carbocycles. The van der Waals surface area contributed by atoms with Crippen LogP contribution in [0.3, 0.4) is 0 Å². The lowest BCUT2D eigenvalue weighted by Crippen LogP contribution is -2.13. The van der Waals surface area contributed by atoms with Gasteiger partial charge < -0.3 is 5.73 Å². The molecule has 0 aliphatic rings. The predicted octanol–water partition coefficient (Wildman–Crippen LogP) is 1.33. The van der Waals surface area contributed by atoms with Crippen molar-refractivity contribution in [2.24, 2.45) is 5.73 Å². The van der Waals surface area contributed by atoms with E-state index < -0.39 is 15.8 Å². The Kier molecular flexibility index (Phi) is 4.52. The van der Waals surface area contributed by atoms with Crippen LogP contribution in [0, 0.1) is 17.7 Å². The van der Waals surface area contributed by atoms with Gasteiger partial charge in [0.1, 0.15) is 10.7 Å². The molecule has 7 heteroatoms. The monoisotopic (exact) mass is 305 g/mol. The minimum atomic E-state index is -3.77. The summed E-state index contributed by atoms with van der Waals surface area (Å²) >= 11 is 0. The minimum Gasteiger partial charge on any atom is -0.320 e. The molecule has 0 saturated carbocycles. The average Bonchev–Trinajstić information content (AvgIpc) is 2.48. The molecule has 1 aromatic heterocycles. The fourth-order valence-electron chi connectivity index (χ4n) is 1.55. The van der Waals surface area contributed by atoms with E-state index in [1.807, 2.05) is 0 Å². The molecule has 0 amide bonds. The van der Waals surface area contributed by atoms with Crippen LogP contribution in [-0.2, 0) is 10.0 Å². The number of nitrogens with two attached hydrogens (primary N) is 1. The minimum absolute atomic E-state index is 0.0175. The Morgan fingerprint density at radius 3 is 2.81 bits per heavy atom. The molecule has 0 aliphatic heterocycles. The van der Waals surface area contributed by atoms with Crippen LogP contribution in [0.1, 0.15) is 5.56 Å². The lowest BCUT2D eigenvalue weighted by molar-refractivity contribution is 0.600. The van der Waals surface area contributed by atoms with E-state index in [-0.39, 0.29) is 22.7 Å². The number of sulfonamides is 1. The third kappa shape index (κ3) is 3.78. The van der Waals surface area contributed by atoms with Gasteiger partial charge in [0.15, 0.2) is 0 Å². The Morgan fingerprint density at radius 1 is 1.33 bits per heavy atom. The Balaban J connectivity index is 2.32. The molecule has 5 nitrogen and oxygen atoms in total. The molecule has 21 heavy (non-hydrogen) atoms. The summed E-state index contributed by atoms with van der Waals surface area (Å²) in [6, 6.07) is 6.69. The van der Waals surface area contributed by atoms with E-state index in [1.165, 1.54) is 36.7 Å². The van der Waals surface area contributed by atoms with Gasteiger partial charge in [-0.15, -0.1) is 0 Å². The van der Waals surface area contributed by atoms with Gasteiger partial charge in [-0.2, -0.15) is 0 Å². The molecule has 0 fully saturated rings. The van der Waals surface area contributed by atoms with Crippen molar-refractivity contribution in [2.45, 2.75) is 4.90 Å². The van der Waals surface area contributed by atoms with Crippen LogP contribution in [-0.4, -0.2) is 19.9 Å². The summed E-state index contributed by atoms with van der Waals surface area (Å²) in [5.41, 5.74) is 5.51. The Labute approximate surface area is 122 Å². The standard InChI is InChI=1S/C14H12FN3O2S/c15-14-6-5-12(9-11(14)3-1-7-16)18-21(19,20)13-4-2-8-17-10-13/h2,4-6,8-10,18H,7,16H2. The van der Waals surface area contributed by atoms with E-state index in [9.17, 15) is 12.8 Å². The second-order valence-electron chi connectivity index (χ2n) is 3.99. The quantitative estimate of drug-likeness (QED) is 0.838. The number of halogens is 1. The molecule has 0 aliphatic carbocycles. The molecule has 3 N–H and O–H groups in total. The zero-order valence-electron chi connectivity index (χ0n) is 10.9. The molecular weight excluding hydrogens is 293 g/mol. The first kappa shape index (κ1) is 15.0. The van der Waals surface area contributed by atoms with Crippen LogP contribution in [0.4, 0.5) is 10.1 Å². The molecule has 0 radical (unpaired) electrons. The predicted molar refractivity (Wildman–Crippen MR) is 77.4 cm³/mol. The fraction of sp³-hybridized carbons (Fsp3) is 0.0714. The number of aromatic nitrogens is 1. The van der Waals surface area contributed by atoms with E-state index >= 15 is 0 Å². The maximum absolute atomic E-state index is 13.5. The summed E-state index contributed by atoms with van der Waals surface area (Å²) in [4.78, 5) is 3.77. The van der Waals surface area contributed by atoms with Crippen LogP contribution in [0.5, 0.6) is 0 Å². The van der Waals surface area contributed by atoms with Gasteiger partial charge in [0, 0.05) is 12.4 Å². The van der Waals surface area contributed by atoms with Crippen LogP contribution in [0.15, 0.2) is 47.6 Å². The highest BCUT2D eigenvalue weighted by Gasteiger charge is 2.14. The molecule has 2 rings (SSSR count). The fourth-order valence-corrected chi connectivity index (χ4v) is 2.56. The normalized spacial score (nSPS) is 10.6. The highest BCUT2D eigenvalue weighted by atomic mass is 32.2. The van der Waals surface area contributed by atoms with E-state index in [0.717, 1.165) is 6.07 Å². The SMILES string of the molecule is NCC#Cc1cc(NS(=O)(=O)c2cccnc2)ccc1F. The topological polar surface area (TPSA) is 85.1 Å². The van der Waals surface area contributed by atoms with Gasteiger partial charge in [0.05, 0.1) is 17.8 Å². The molecule has 108 valence electrons. The van der Waals surface area contributed by atoms with Crippen molar-refractivity contribution in [3.8, 4) is 11.8 Å². The third-order valence-corrected chi connectivity index (χ3v) is 3.85. The van der Waals surface area contributed by atoms with E-state index in [1.54, 1.807) is 0 Å². The van der Waals surface area contributed by atoms with Crippen LogP contribution < -0.4 is 10.5 Å². The number of rotatable bonds is 3. The summed E-state index contributed by atoms with van der Waals surface area (Å²) in [7, 11) is -3.77. The summed E-state index contributed by atoms with van der Waals surface area (Å²) in [5, 5.41) is 0. The number of benzene rings is 1. The zero-order valence-corrected chi connectivity index (χ0v) is 11.7. The maximum atomic E-state index is 13.5. The van der Waals surface area contributed by atoms with E-state index in [2.05, 4.69) is 21.5 Å². The lowest BCUT2D eigenvalue weighted by Gasteiger charge is -2.08. The van der Waals surface area contributed by atoms with Crippen molar-refractivity contribution in [3.05, 3.63) is 54.1 Å². The molecule has 0 bridgehead atoms. The van der Waals surface area contributed by atoms with Crippen molar-refractivity contribution in [1.82, 2.24) is 4.98 Å². The third-order valence-electron chi connectivity index (χ3n) is 2.49. The second kappa shape index (κ2) is 6.35. The molecular formula is C14H12FN3O2S. The number of pyridine rings is 1. The van der Waals surface area contributed by atoms with Gasteiger partial charge in [-0.05, 0) is 30.3 Å². The van der Waals surface area contributed by atoms with Crippen molar-refractivity contribution in [1.29, 1.82) is 0 Å². The number of hydrogen-bond donors (Lipinski definition) is 2. The van der Waals surface area contributed by atoms with E-state index in [0.29, 0.717) is 0 Å². The first-order valence-corrected chi connectivity index (χ1v) is 7.42. The second-order valence-corrected chi connectivity index (χ2v) is 5.68. The summed E-state index contributed by atoms with van der Waals surface area (Å²) in [6.07, 6.45) is 2.69. The molecule has 2 aromatic rings. The first-order valence-electron chi connectivity index (χ1n) is 5.94. The molecule has 0 saturated heterocycles. The summed E-state index contributed by atoms with van der Waals surface area (Å²) in [5.74, 6) is 4.52. The first-order chi connectivity index (χ1) is 10.0. The number of nitrogens with zero attached hydrogens (tertiary/aromatic N) is 1. The van der Waals surface area contributed by atoms with Crippen LogP contribution in [0.2, 0.25) is 0 Å².